The van der Waals surface area contributed by atoms with E-state index in [0.29, 0.717) is 17.1 Å². The molecule has 4 aromatic rings. The molecule has 0 aromatic heterocycles. The highest BCUT2D eigenvalue weighted by Crippen LogP contribution is 2.31. The second kappa shape index (κ2) is 8.92. The zero-order valence-electron chi connectivity index (χ0n) is 16.5. The van der Waals surface area contributed by atoms with Gasteiger partial charge >= 0.3 is 6.18 Å². The Balaban J connectivity index is 1.66. The average molecular weight is 416 g/mol. The van der Waals surface area contributed by atoms with Crippen LogP contribution < -0.4 is 4.74 Å². The van der Waals surface area contributed by atoms with Crippen LogP contribution in [0.2, 0.25) is 0 Å². The number of halogens is 3. The van der Waals surface area contributed by atoms with Crippen LogP contribution in [0.25, 0.3) is 23.0 Å². The lowest BCUT2D eigenvalue weighted by atomic mass is 10.1. The molecule has 4 rings (SSSR count). The number of benzene rings is 4. The van der Waals surface area contributed by atoms with Crippen LogP contribution in [0.4, 0.5) is 13.2 Å². The summed E-state index contributed by atoms with van der Waals surface area (Å²) in [6.45, 7) is 0. The summed E-state index contributed by atoms with van der Waals surface area (Å²) >= 11 is 0. The quantitative estimate of drug-likeness (QED) is 0.237. The summed E-state index contributed by atoms with van der Waals surface area (Å²) in [4.78, 5) is 0. The van der Waals surface area contributed by atoms with Crippen LogP contribution >= 0.6 is 0 Å². The van der Waals surface area contributed by atoms with Crippen molar-refractivity contribution in [2.75, 3.05) is 0 Å². The molecule has 0 amide bonds. The van der Waals surface area contributed by atoms with E-state index in [-0.39, 0.29) is 0 Å². The van der Waals surface area contributed by atoms with Crippen molar-refractivity contribution in [2.24, 2.45) is 0 Å². The van der Waals surface area contributed by atoms with E-state index in [0.717, 1.165) is 28.8 Å². The first-order valence-corrected chi connectivity index (χ1v) is 9.77. The van der Waals surface area contributed by atoms with Gasteiger partial charge in [-0.2, -0.15) is 13.2 Å². The van der Waals surface area contributed by atoms with Gasteiger partial charge in [0.05, 0.1) is 5.56 Å². The molecule has 0 aliphatic rings. The lowest BCUT2D eigenvalue weighted by Crippen LogP contribution is -2.04. The minimum atomic E-state index is -4.40. The van der Waals surface area contributed by atoms with Gasteiger partial charge in [0.25, 0.3) is 0 Å². The minimum Gasteiger partial charge on any atom is -0.457 e. The molecule has 154 valence electrons. The maximum Gasteiger partial charge on any atom is 0.416 e. The average Bonchev–Trinajstić information content (AvgIpc) is 2.80. The van der Waals surface area contributed by atoms with Crippen LogP contribution in [0, 0.1) is 0 Å². The predicted octanol–water partition coefficient (Wildman–Crippen LogP) is 7.95. The highest BCUT2D eigenvalue weighted by molar-refractivity contribution is 5.79. The second-order valence-electron chi connectivity index (χ2n) is 6.99. The van der Waals surface area contributed by atoms with Gasteiger partial charge in [0.2, 0.25) is 0 Å². The fourth-order valence-corrected chi connectivity index (χ4v) is 3.20. The van der Waals surface area contributed by atoms with E-state index in [4.69, 9.17) is 4.74 Å². The molecule has 0 saturated carbocycles. The van der Waals surface area contributed by atoms with E-state index in [1.165, 1.54) is 6.07 Å². The van der Waals surface area contributed by atoms with Gasteiger partial charge in [-0.05, 0) is 47.0 Å². The highest BCUT2D eigenvalue weighted by atomic mass is 19.4. The lowest BCUT2D eigenvalue weighted by Gasteiger charge is -2.12. The zero-order valence-corrected chi connectivity index (χ0v) is 16.5. The highest BCUT2D eigenvalue weighted by Gasteiger charge is 2.30. The van der Waals surface area contributed by atoms with Crippen molar-refractivity contribution in [2.45, 2.75) is 6.18 Å². The predicted molar refractivity (Wildman–Crippen MR) is 118 cm³/mol. The molecular weight excluding hydrogens is 397 g/mol. The van der Waals surface area contributed by atoms with Gasteiger partial charge in [-0.3, -0.25) is 0 Å². The van der Waals surface area contributed by atoms with Crippen molar-refractivity contribution in [3.8, 4) is 16.9 Å². The molecule has 0 aliphatic carbocycles. The first kappa shape index (κ1) is 20.5. The van der Waals surface area contributed by atoms with Gasteiger partial charge < -0.3 is 4.74 Å². The molecule has 0 bridgehead atoms. The monoisotopic (exact) mass is 416 g/mol. The van der Waals surface area contributed by atoms with E-state index in [1.807, 2.05) is 84.9 Å². The smallest absolute Gasteiger partial charge is 0.416 e. The van der Waals surface area contributed by atoms with Gasteiger partial charge in [-0.15, -0.1) is 0 Å². The summed E-state index contributed by atoms with van der Waals surface area (Å²) in [6, 6.07) is 32.1. The van der Waals surface area contributed by atoms with Crippen LogP contribution in [0.15, 0.2) is 109 Å². The molecule has 4 heteroatoms. The molecular formula is C27H19F3O. The van der Waals surface area contributed by atoms with Gasteiger partial charge in [0.1, 0.15) is 11.5 Å². The first-order valence-electron chi connectivity index (χ1n) is 9.77. The zero-order chi connectivity index (χ0) is 21.7. The maximum atomic E-state index is 13.1. The summed E-state index contributed by atoms with van der Waals surface area (Å²) < 4.78 is 45.4. The summed E-state index contributed by atoms with van der Waals surface area (Å²) in [5.41, 5.74) is 2.63. The summed E-state index contributed by atoms with van der Waals surface area (Å²) in [5, 5.41) is 0. The normalized spacial score (nSPS) is 11.9. The SMILES string of the molecule is FC(F)(F)c1cccc(/C=C(\Oc2ccc(-c3ccccc3)cc2)c2ccccc2)c1. The van der Waals surface area contributed by atoms with Crippen LogP contribution in [0.1, 0.15) is 16.7 Å². The fraction of sp³-hybridized carbons (Fsp3) is 0.0370. The molecule has 0 saturated heterocycles. The number of hydrogen-bond donors (Lipinski definition) is 0. The van der Waals surface area contributed by atoms with Crippen molar-refractivity contribution in [3.05, 3.63) is 126 Å². The number of alkyl halides is 3. The molecule has 0 aliphatic heterocycles. The molecule has 0 heterocycles. The number of ether oxygens (including phenoxy) is 1. The minimum absolute atomic E-state index is 0.412. The Kier molecular flexibility index (Phi) is 5.89. The Morgan fingerprint density at radius 3 is 1.90 bits per heavy atom. The number of hydrogen-bond acceptors (Lipinski definition) is 1. The van der Waals surface area contributed by atoms with Crippen LogP contribution in [-0.2, 0) is 6.18 Å². The van der Waals surface area contributed by atoms with Crippen LogP contribution in [0.5, 0.6) is 5.75 Å². The van der Waals surface area contributed by atoms with E-state index in [2.05, 4.69) is 0 Å². The maximum absolute atomic E-state index is 13.1. The molecule has 0 unspecified atom stereocenters. The van der Waals surface area contributed by atoms with Gasteiger partial charge in [-0.1, -0.05) is 84.9 Å². The third kappa shape index (κ3) is 5.23. The lowest BCUT2D eigenvalue weighted by molar-refractivity contribution is -0.137. The first-order chi connectivity index (χ1) is 15.0. The van der Waals surface area contributed by atoms with Crippen LogP contribution in [-0.4, -0.2) is 0 Å². The Labute approximate surface area is 179 Å². The van der Waals surface area contributed by atoms with Crippen LogP contribution in [0.3, 0.4) is 0 Å². The summed E-state index contributed by atoms with van der Waals surface area (Å²) in [5.74, 6) is 1.06. The largest absolute Gasteiger partial charge is 0.457 e. The second-order valence-corrected chi connectivity index (χ2v) is 6.99. The van der Waals surface area contributed by atoms with E-state index in [1.54, 1.807) is 12.1 Å². The molecule has 0 spiro atoms. The molecule has 1 nitrogen and oxygen atoms in total. The molecule has 4 aromatic carbocycles. The van der Waals surface area contributed by atoms with Crippen molar-refractivity contribution >= 4 is 11.8 Å². The standard InChI is InChI=1S/C27H19F3O/c28-27(29,30)24-13-7-8-20(18-24)19-26(23-11-5-2-6-12-23)31-25-16-14-22(15-17-25)21-9-3-1-4-10-21/h1-19H/b26-19-. The fourth-order valence-electron chi connectivity index (χ4n) is 3.20. The van der Waals surface area contributed by atoms with Crippen molar-refractivity contribution in [3.63, 3.8) is 0 Å². The van der Waals surface area contributed by atoms with E-state index in [9.17, 15) is 13.2 Å². The van der Waals surface area contributed by atoms with Gasteiger partial charge in [0, 0.05) is 5.56 Å². The Morgan fingerprint density at radius 2 is 1.26 bits per heavy atom. The summed E-state index contributed by atoms with van der Waals surface area (Å²) in [6.07, 6.45) is -2.78. The molecule has 0 atom stereocenters. The van der Waals surface area contributed by atoms with E-state index < -0.39 is 11.7 Å². The Morgan fingerprint density at radius 1 is 0.645 bits per heavy atom. The number of rotatable bonds is 5. The van der Waals surface area contributed by atoms with Crippen molar-refractivity contribution in [1.82, 2.24) is 0 Å². The van der Waals surface area contributed by atoms with Crippen molar-refractivity contribution in [1.29, 1.82) is 0 Å². The van der Waals surface area contributed by atoms with Gasteiger partial charge in [0.15, 0.2) is 0 Å². The molecule has 0 radical (unpaired) electrons. The third-order valence-corrected chi connectivity index (χ3v) is 4.76. The Bertz CT molecular complexity index is 1160. The van der Waals surface area contributed by atoms with Gasteiger partial charge in [-0.25, -0.2) is 0 Å². The summed E-state index contributed by atoms with van der Waals surface area (Å²) in [7, 11) is 0. The third-order valence-electron chi connectivity index (χ3n) is 4.76. The molecule has 31 heavy (non-hydrogen) atoms. The topological polar surface area (TPSA) is 9.23 Å². The molecule has 0 N–H and O–H groups in total. The molecule has 0 fully saturated rings. The van der Waals surface area contributed by atoms with Crippen molar-refractivity contribution < 1.29 is 17.9 Å². The Hall–Kier alpha value is -3.79. The van der Waals surface area contributed by atoms with E-state index >= 15 is 0 Å².